The number of rotatable bonds is 5. The van der Waals surface area contributed by atoms with Crippen LogP contribution in [0, 0.1) is 0 Å². The lowest BCUT2D eigenvalue weighted by Crippen LogP contribution is -2.26. The van der Waals surface area contributed by atoms with Crippen molar-refractivity contribution >= 4 is 33.6 Å². The van der Waals surface area contributed by atoms with Gasteiger partial charge in [0.05, 0.1) is 5.33 Å². The van der Waals surface area contributed by atoms with Crippen LogP contribution < -0.4 is 5.32 Å². The summed E-state index contributed by atoms with van der Waals surface area (Å²) in [4.78, 5) is 10.6. The molecule has 0 fully saturated rings. The minimum atomic E-state index is 0.0664. The van der Waals surface area contributed by atoms with Crippen LogP contribution in [0.2, 0.25) is 0 Å². The van der Waals surface area contributed by atoms with Crippen LogP contribution in [0.15, 0.2) is 0 Å². The van der Waals surface area contributed by atoms with Crippen molar-refractivity contribution in [3.05, 3.63) is 0 Å². The van der Waals surface area contributed by atoms with Crippen LogP contribution >= 0.6 is 27.7 Å². The number of hydrogen-bond acceptors (Lipinski definition) is 2. The van der Waals surface area contributed by atoms with E-state index in [-0.39, 0.29) is 5.91 Å². The minimum absolute atomic E-state index is 0.0664. The van der Waals surface area contributed by atoms with Crippen molar-refractivity contribution in [3.8, 4) is 0 Å². The zero-order chi connectivity index (χ0) is 7.82. The van der Waals surface area contributed by atoms with Gasteiger partial charge in [-0.3, -0.25) is 4.79 Å². The van der Waals surface area contributed by atoms with E-state index in [0.717, 1.165) is 18.1 Å². The number of thioether (sulfide) groups is 1. The van der Waals surface area contributed by atoms with E-state index < -0.39 is 0 Å². The fraction of sp³-hybridized carbons (Fsp3) is 0.833. The minimum Gasteiger partial charge on any atom is -0.355 e. The number of halogens is 1. The third-order valence-electron chi connectivity index (χ3n) is 0.894. The monoisotopic (exact) mass is 225 g/mol. The first-order valence-electron chi connectivity index (χ1n) is 3.21. The number of carbonyl (C=O) groups excluding carboxylic acids is 1. The zero-order valence-corrected chi connectivity index (χ0v) is 8.43. The summed E-state index contributed by atoms with van der Waals surface area (Å²) in [6.07, 6.45) is 0. The van der Waals surface area contributed by atoms with E-state index in [9.17, 15) is 4.79 Å². The summed E-state index contributed by atoms with van der Waals surface area (Å²) < 4.78 is 0. The molecule has 60 valence electrons. The molecule has 0 heterocycles. The average Bonchev–Trinajstić information content (AvgIpc) is 1.98. The number of hydrogen-bond donors (Lipinski definition) is 1. The van der Waals surface area contributed by atoms with Crippen LogP contribution in [-0.2, 0) is 4.79 Å². The summed E-state index contributed by atoms with van der Waals surface area (Å²) >= 11 is 4.90. The highest BCUT2D eigenvalue weighted by atomic mass is 79.9. The van der Waals surface area contributed by atoms with Crippen LogP contribution in [0.4, 0.5) is 0 Å². The predicted octanol–water partition coefficient (Wildman–Crippen LogP) is 1.25. The number of nitrogens with one attached hydrogen (secondary N) is 1. The van der Waals surface area contributed by atoms with Gasteiger partial charge < -0.3 is 5.32 Å². The molecular formula is C6H12BrNOS. The molecule has 0 aromatic rings. The van der Waals surface area contributed by atoms with Gasteiger partial charge in [0, 0.05) is 12.3 Å². The smallest absolute Gasteiger partial charge is 0.230 e. The van der Waals surface area contributed by atoms with E-state index >= 15 is 0 Å². The third kappa shape index (κ3) is 6.42. The van der Waals surface area contributed by atoms with Gasteiger partial charge in [0.25, 0.3) is 0 Å². The largest absolute Gasteiger partial charge is 0.355 e. The Kier molecular flexibility index (Phi) is 7.63. The molecule has 0 spiro atoms. The van der Waals surface area contributed by atoms with E-state index in [4.69, 9.17) is 0 Å². The standard InChI is InChI=1S/C6H12BrNOS/c1-2-10-4-3-8-6(9)5-7/h2-5H2,1H3,(H,8,9). The Balaban J connectivity index is 2.96. The van der Waals surface area contributed by atoms with Gasteiger partial charge in [-0.2, -0.15) is 11.8 Å². The van der Waals surface area contributed by atoms with E-state index in [2.05, 4.69) is 28.2 Å². The van der Waals surface area contributed by atoms with Crippen molar-refractivity contribution in [2.45, 2.75) is 6.92 Å². The Morgan fingerprint density at radius 1 is 1.70 bits per heavy atom. The quantitative estimate of drug-likeness (QED) is 0.564. The molecule has 0 atom stereocenters. The van der Waals surface area contributed by atoms with Crippen LogP contribution in [0.3, 0.4) is 0 Å². The van der Waals surface area contributed by atoms with E-state index in [1.807, 2.05) is 11.8 Å². The van der Waals surface area contributed by atoms with Crippen molar-refractivity contribution < 1.29 is 4.79 Å². The number of carbonyl (C=O) groups is 1. The van der Waals surface area contributed by atoms with Gasteiger partial charge in [-0.05, 0) is 5.75 Å². The second kappa shape index (κ2) is 7.41. The SMILES string of the molecule is CCSCCNC(=O)CBr. The van der Waals surface area contributed by atoms with Gasteiger partial charge in [0.1, 0.15) is 0 Å². The first-order chi connectivity index (χ1) is 4.81. The van der Waals surface area contributed by atoms with Crippen molar-refractivity contribution in [1.82, 2.24) is 5.32 Å². The topological polar surface area (TPSA) is 29.1 Å². The maximum atomic E-state index is 10.6. The van der Waals surface area contributed by atoms with Gasteiger partial charge in [-0.1, -0.05) is 22.9 Å². The van der Waals surface area contributed by atoms with Gasteiger partial charge >= 0.3 is 0 Å². The maximum Gasteiger partial charge on any atom is 0.230 e. The Labute approximate surface area is 74.3 Å². The normalized spacial score (nSPS) is 9.40. The Morgan fingerprint density at radius 2 is 2.40 bits per heavy atom. The fourth-order valence-corrected chi connectivity index (χ4v) is 1.19. The molecule has 0 aliphatic heterocycles. The summed E-state index contributed by atoms with van der Waals surface area (Å²) in [5, 5.41) is 3.17. The Hall–Kier alpha value is 0.300. The molecule has 0 aliphatic carbocycles. The van der Waals surface area contributed by atoms with Crippen LogP contribution in [0.5, 0.6) is 0 Å². The molecular weight excluding hydrogens is 214 g/mol. The van der Waals surface area contributed by atoms with E-state index in [0.29, 0.717) is 5.33 Å². The summed E-state index contributed by atoms with van der Waals surface area (Å²) in [5.74, 6) is 2.19. The summed E-state index contributed by atoms with van der Waals surface area (Å²) in [5.41, 5.74) is 0. The average molecular weight is 226 g/mol. The van der Waals surface area contributed by atoms with Crippen LogP contribution in [0.1, 0.15) is 6.92 Å². The summed E-state index contributed by atoms with van der Waals surface area (Å²) in [7, 11) is 0. The van der Waals surface area contributed by atoms with E-state index in [1.54, 1.807) is 0 Å². The second-order valence-corrected chi connectivity index (χ2v) is 3.64. The lowest BCUT2D eigenvalue weighted by atomic mass is 10.6. The van der Waals surface area contributed by atoms with Gasteiger partial charge in [0.15, 0.2) is 0 Å². The van der Waals surface area contributed by atoms with Crippen molar-refractivity contribution in [2.75, 3.05) is 23.4 Å². The lowest BCUT2D eigenvalue weighted by molar-refractivity contribution is -0.118. The molecule has 1 amide bonds. The van der Waals surface area contributed by atoms with Gasteiger partial charge in [0.2, 0.25) is 5.91 Å². The summed E-state index contributed by atoms with van der Waals surface area (Å²) in [6, 6.07) is 0. The molecule has 0 aromatic carbocycles. The van der Waals surface area contributed by atoms with Gasteiger partial charge in [-0.15, -0.1) is 0 Å². The molecule has 0 saturated heterocycles. The highest BCUT2D eigenvalue weighted by Gasteiger charge is 1.94. The van der Waals surface area contributed by atoms with Crippen molar-refractivity contribution in [3.63, 3.8) is 0 Å². The fourth-order valence-electron chi connectivity index (χ4n) is 0.454. The predicted molar refractivity (Wildman–Crippen MR) is 49.8 cm³/mol. The highest BCUT2D eigenvalue weighted by molar-refractivity contribution is 9.09. The molecule has 4 heteroatoms. The highest BCUT2D eigenvalue weighted by Crippen LogP contribution is 1.94. The molecule has 0 aromatic heterocycles. The molecule has 0 radical (unpaired) electrons. The van der Waals surface area contributed by atoms with E-state index in [1.165, 1.54) is 0 Å². The third-order valence-corrected chi connectivity index (χ3v) is 2.30. The molecule has 2 nitrogen and oxygen atoms in total. The lowest BCUT2D eigenvalue weighted by Gasteiger charge is -2.00. The maximum absolute atomic E-state index is 10.6. The van der Waals surface area contributed by atoms with Crippen LogP contribution in [0.25, 0.3) is 0 Å². The molecule has 0 rings (SSSR count). The summed E-state index contributed by atoms with van der Waals surface area (Å²) in [6.45, 7) is 2.89. The van der Waals surface area contributed by atoms with Gasteiger partial charge in [-0.25, -0.2) is 0 Å². The van der Waals surface area contributed by atoms with Crippen LogP contribution in [-0.4, -0.2) is 29.3 Å². The molecule has 0 aliphatic rings. The van der Waals surface area contributed by atoms with Crippen molar-refractivity contribution in [1.29, 1.82) is 0 Å². The first kappa shape index (κ1) is 10.3. The molecule has 10 heavy (non-hydrogen) atoms. The Morgan fingerprint density at radius 3 is 2.90 bits per heavy atom. The molecule has 0 bridgehead atoms. The zero-order valence-electron chi connectivity index (χ0n) is 6.02. The Bertz CT molecular complexity index is 99.7. The first-order valence-corrected chi connectivity index (χ1v) is 5.49. The molecule has 0 unspecified atom stereocenters. The second-order valence-electron chi connectivity index (χ2n) is 1.68. The molecule has 0 saturated carbocycles. The van der Waals surface area contributed by atoms with Crippen molar-refractivity contribution in [2.24, 2.45) is 0 Å². The number of amides is 1. The number of alkyl halides is 1. The molecule has 1 N–H and O–H groups in total.